The lowest BCUT2D eigenvalue weighted by molar-refractivity contribution is -0.134. The molecule has 20 heavy (non-hydrogen) atoms. The fraction of sp³-hybridized carbons (Fsp3) is 0.562. The van der Waals surface area contributed by atoms with E-state index < -0.39 is 0 Å². The third-order valence-electron chi connectivity index (χ3n) is 3.77. The SMILES string of the molecule is CC(C)N(Cc1ccccc1)C(=O)CC1CCNC1.Cl. The van der Waals surface area contributed by atoms with Gasteiger partial charge >= 0.3 is 0 Å². The first-order valence-corrected chi connectivity index (χ1v) is 7.21. The van der Waals surface area contributed by atoms with Crippen LogP contribution in [-0.4, -0.2) is 29.9 Å². The Hall–Kier alpha value is -1.06. The Morgan fingerprint density at radius 2 is 2.05 bits per heavy atom. The normalized spacial score (nSPS) is 17.9. The van der Waals surface area contributed by atoms with Crippen molar-refractivity contribution in [1.29, 1.82) is 0 Å². The molecule has 1 aliphatic heterocycles. The molecule has 1 aromatic carbocycles. The maximum atomic E-state index is 12.4. The third-order valence-corrected chi connectivity index (χ3v) is 3.77. The number of carbonyl (C=O) groups is 1. The van der Waals surface area contributed by atoms with E-state index in [0.29, 0.717) is 12.3 Å². The maximum absolute atomic E-state index is 12.4. The van der Waals surface area contributed by atoms with Gasteiger partial charge in [0, 0.05) is 19.0 Å². The maximum Gasteiger partial charge on any atom is 0.223 e. The van der Waals surface area contributed by atoms with Gasteiger partial charge in [0.2, 0.25) is 5.91 Å². The highest BCUT2D eigenvalue weighted by Gasteiger charge is 2.23. The molecular formula is C16H25ClN2O. The van der Waals surface area contributed by atoms with Crippen molar-refractivity contribution in [3.63, 3.8) is 0 Å². The number of hydrogen-bond donors (Lipinski definition) is 1. The lowest BCUT2D eigenvalue weighted by atomic mass is 10.0. The zero-order valence-electron chi connectivity index (χ0n) is 12.3. The molecule has 0 bridgehead atoms. The molecular weight excluding hydrogens is 272 g/mol. The van der Waals surface area contributed by atoms with E-state index in [-0.39, 0.29) is 24.4 Å². The quantitative estimate of drug-likeness (QED) is 0.906. The number of rotatable bonds is 5. The van der Waals surface area contributed by atoms with Crippen molar-refractivity contribution < 1.29 is 4.79 Å². The van der Waals surface area contributed by atoms with Crippen molar-refractivity contribution in [2.45, 2.75) is 39.3 Å². The first-order chi connectivity index (χ1) is 9.16. The summed E-state index contributed by atoms with van der Waals surface area (Å²) >= 11 is 0. The Morgan fingerprint density at radius 3 is 2.60 bits per heavy atom. The Labute approximate surface area is 128 Å². The average Bonchev–Trinajstić information content (AvgIpc) is 2.89. The largest absolute Gasteiger partial charge is 0.336 e. The van der Waals surface area contributed by atoms with E-state index in [1.165, 1.54) is 5.56 Å². The summed E-state index contributed by atoms with van der Waals surface area (Å²) < 4.78 is 0. The number of nitrogens with one attached hydrogen (secondary N) is 1. The molecule has 1 amide bonds. The lowest BCUT2D eigenvalue weighted by Gasteiger charge is -2.28. The topological polar surface area (TPSA) is 32.3 Å². The van der Waals surface area contributed by atoms with Crippen LogP contribution in [0.2, 0.25) is 0 Å². The molecule has 0 saturated carbocycles. The summed E-state index contributed by atoms with van der Waals surface area (Å²) in [6.07, 6.45) is 1.81. The van der Waals surface area contributed by atoms with Crippen LogP contribution in [0.3, 0.4) is 0 Å². The van der Waals surface area contributed by atoms with Gasteiger partial charge in [0.1, 0.15) is 0 Å². The first-order valence-electron chi connectivity index (χ1n) is 7.21. The van der Waals surface area contributed by atoms with Crippen LogP contribution in [-0.2, 0) is 11.3 Å². The van der Waals surface area contributed by atoms with Gasteiger partial charge in [-0.1, -0.05) is 30.3 Å². The number of halogens is 1. The van der Waals surface area contributed by atoms with Crippen molar-refractivity contribution in [3.8, 4) is 0 Å². The Morgan fingerprint density at radius 1 is 1.35 bits per heavy atom. The first kappa shape index (κ1) is 17.0. The fourth-order valence-corrected chi connectivity index (χ4v) is 2.59. The molecule has 112 valence electrons. The number of nitrogens with zero attached hydrogens (tertiary/aromatic N) is 1. The number of carbonyl (C=O) groups excluding carboxylic acids is 1. The predicted octanol–water partition coefficient (Wildman–Crippen LogP) is 2.85. The van der Waals surface area contributed by atoms with Crippen LogP contribution in [0.25, 0.3) is 0 Å². The van der Waals surface area contributed by atoms with Gasteiger partial charge in [-0.3, -0.25) is 4.79 Å². The van der Waals surface area contributed by atoms with Crippen LogP contribution < -0.4 is 5.32 Å². The highest BCUT2D eigenvalue weighted by atomic mass is 35.5. The molecule has 3 nitrogen and oxygen atoms in total. The van der Waals surface area contributed by atoms with Gasteiger partial charge in [0.05, 0.1) is 0 Å². The summed E-state index contributed by atoms with van der Waals surface area (Å²) in [7, 11) is 0. The van der Waals surface area contributed by atoms with Gasteiger partial charge in [-0.15, -0.1) is 12.4 Å². The Bertz CT molecular complexity index is 402. The van der Waals surface area contributed by atoms with E-state index in [9.17, 15) is 4.79 Å². The molecule has 1 atom stereocenters. The smallest absolute Gasteiger partial charge is 0.223 e. The molecule has 1 aromatic rings. The van der Waals surface area contributed by atoms with Crippen molar-refractivity contribution in [2.75, 3.05) is 13.1 Å². The monoisotopic (exact) mass is 296 g/mol. The highest BCUT2D eigenvalue weighted by molar-refractivity contribution is 5.85. The Balaban J connectivity index is 0.00000200. The standard InChI is InChI=1S/C16H24N2O.ClH/c1-13(2)18(12-14-6-4-3-5-7-14)16(19)10-15-8-9-17-11-15;/h3-7,13,15,17H,8-12H2,1-2H3;1H. The average molecular weight is 297 g/mol. The second-order valence-electron chi connectivity index (χ2n) is 5.66. The summed E-state index contributed by atoms with van der Waals surface area (Å²) in [6, 6.07) is 10.5. The molecule has 1 heterocycles. The molecule has 0 aliphatic carbocycles. The molecule has 1 unspecified atom stereocenters. The summed E-state index contributed by atoms with van der Waals surface area (Å²) in [5.41, 5.74) is 1.20. The van der Waals surface area contributed by atoms with Crippen molar-refractivity contribution in [2.24, 2.45) is 5.92 Å². The summed E-state index contributed by atoms with van der Waals surface area (Å²) in [5, 5.41) is 3.32. The third kappa shape index (κ3) is 4.80. The van der Waals surface area contributed by atoms with E-state index in [1.54, 1.807) is 0 Å². The number of hydrogen-bond acceptors (Lipinski definition) is 2. The molecule has 2 rings (SSSR count). The van der Waals surface area contributed by atoms with E-state index in [1.807, 2.05) is 23.1 Å². The van der Waals surface area contributed by atoms with Crippen molar-refractivity contribution in [3.05, 3.63) is 35.9 Å². The van der Waals surface area contributed by atoms with Crippen LogP contribution in [0.4, 0.5) is 0 Å². The van der Waals surface area contributed by atoms with E-state index in [0.717, 1.165) is 26.1 Å². The summed E-state index contributed by atoms with van der Waals surface area (Å²) in [6.45, 7) is 6.94. The zero-order chi connectivity index (χ0) is 13.7. The minimum atomic E-state index is 0. The van der Waals surface area contributed by atoms with Gasteiger partial charge in [0.15, 0.2) is 0 Å². The number of benzene rings is 1. The van der Waals surface area contributed by atoms with E-state index >= 15 is 0 Å². The molecule has 1 aliphatic rings. The molecule has 1 N–H and O–H groups in total. The van der Waals surface area contributed by atoms with E-state index in [2.05, 4.69) is 31.3 Å². The second-order valence-corrected chi connectivity index (χ2v) is 5.66. The van der Waals surface area contributed by atoms with Crippen molar-refractivity contribution >= 4 is 18.3 Å². The van der Waals surface area contributed by atoms with Crippen LogP contribution in [0.15, 0.2) is 30.3 Å². The van der Waals surface area contributed by atoms with Crippen molar-refractivity contribution in [1.82, 2.24) is 10.2 Å². The van der Waals surface area contributed by atoms with E-state index in [4.69, 9.17) is 0 Å². The lowest BCUT2D eigenvalue weighted by Crippen LogP contribution is -2.37. The van der Waals surface area contributed by atoms with Gasteiger partial charge in [-0.05, 0) is 44.8 Å². The minimum Gasteiger partial charge on any atom is -0.336 e. The van der Waals surface area contributed by atoms with Gasteiger partial charge in [0.25, 0.3) is 0 Å². The Kier molecular flexibility index (Phi) is 7.03. The van der Waals surface area contributed by atoms with Crippen LogP contribution >= 0.6 is 12.4 Å². The van der Waals surface area contributed by atoms with Crippen LogP contribution in [0, 0.1) is 5.92 Å². The highest BCUT2D eigenvalue weighted by Crippen LogP contribution is 2.17. The van der Waals surface area contributed by atoms with Gasteiger partial charge < -0.3 is 10.2 Å². The van der Waals surface area contributed by atoms with Crippen LogP contribution in [0.1, 0.15) is 32.3 Å². The summed E-state index contributed by atoms with van der Waals surface area (Å²) in [5.74, 6) is 0.803. The fourth-order valence-electron chi connectivity index (χ4n) is 2.59. The van der Waals surface area contributed by atoms with Gasteiger partial charge in [-0.25, -0.2) is 0 Å². The molecule has 0 spiro atoms. The molecule has 1 fully saturated rings. The predicted molar refractivity (Wildman–Crippen MR) is 85.0 cm³/mol. The zero-order valence-corrected chi connectivity index (χ0v) is 13.2. The molecule has 4 heteroatoms. The minimum absolute atomic E-state index is 0. The van der Waals surface area contributed by atoms with Crippen LogP contribution in [0.5, 0.6) is 0 Å². The summed E-state index contributed by atoms with van der Waals surface area (Å²) in [4.78, 5) is 14.4. The number of amides is 1. The second kappa shape index (κ2) is 8.28. The van der Waals surface area contributed by atoms with Gasteiger partial charge in [-0.2, -0.15) is 0 Å². The molecule has 0 radical (unpaired) electrons. The molecule has 0 aromatic heterocycles. The molecule has 1 saturated heterocycles.